The zero-order valence-corrected chi connectivity index (χ0v) is 11.5. The zero-order valence-electron chi connectivity index (χ0n) is 2.99. The summed E-state index contributed by atoms with van der Waals surface area (Å²) in [6.45, 7) is 0. The second-order valence-corrected chi connectivity index (χ2v) is 0. The summed E-state index contributed by atoms with van der Waals surface area (Å²) >= 11 is 3.89. The Morgan fingerprint density at radius 2 is 1.17 bits per heavy atom. The van der Waals surface area contributed by atoms with Gasteiger partial charge in [0, 0.05) is 42.9 Å². The SMILES string of the molecule is P.P=S.S.[Cu].[In]. The van der Waals surface area contributed by atoms with Gasteiger partial charge in [0.25, 0.3) is 0 Å². The molecule has 0 spiro atoms. The molecule has 0 aliphatic rings. The maximum Gasteiger partial charge on any atom is 0 e. The van der Waals surface area contributed by atoms with Gasteiger partial charge in [0.15, 0.2) is 0 Å². The van der Waals surface area contributed by atoms with Crippen LogP contribution in [-0.2, 0) is 28.9 Å². The first-order valence-electron chi connectivity index (χ1n) is 0.204. The molecule has 0 saturated heterocycles. The topological polar surface area (TPSA) is 0 Å². The van der Waals surface area contributed by atoms with Crippen LogP contribution in [0.15, 0.2) is 0 Å². The molecule has 0 rings (SSSR count). The van der Waals surface area contributed by atoms with E-state index in [1.807, 2.05) is 0 Å². The van der Waals surface area contributed by atoms with Crippen molar-refractivity contribution in [3.05, 3.63) is 0 Å². The van der Waals surface area contributed by atoms with Gasteiger partial charge in [-0.1, -0.05) is 11.8 Å². The van der Waals surface area contributed by atoms with E-state index in [2.05, 4.69) is 19.8 Å². The number of rotatable bonds is 0. The molecule has 42 valence electrons. The second-order valence-electron chi connectivity index (χ2n) is 0. The molecule has 0 fully saturated rings. The van der Waals surface area contributed by atoms with Crippen molar-refractivity contribution in [3.63, 3.8) is 0 Å². The van der Waals surface area contributed by atoms with Crippen molar-refractivity contribution < 1.29 is 17.1 Å². The van der Waals surface area contributed by atoms with Gasteiger partial charge >= 0.3 is 0 Å². The van der Waals surface area contributed by atoms with E-state index in [4.69, 9.17) is 0 Å². The summed E-state index contributed by atoms with van der Waals surface area (Å²) in [6, 6.07) is 0. The first-order chi connectivity index (χ1) is 1.00. The molecular formula is H6CuInP2S2. The summed E-state index contributed by atoms with van der Waals surface area (Å²) in [7, 11) is 2.56. The van der Waals surface area contributed by atoms with E-state index in [0.717, 1.165) is 0 Å². The molecule has 0 heterocycles. The molecule has 0 aromatic heterocycles. The average molecular weight is 310 g/mol. The summed E-state index contributed by atoms with van der Waals surface area (Å²) in [5.74, 6) is 0. The molecule has 1 unspecified atom stereocenters. The van der Waals surface area contributed by atoms with Gasteiger partial charge < -0.3 is 0 Å². The van der Waals surface area contributed by atoms with Crippen LogP contribution in [0.4, 0.5) is 0 Å². The Labute approximate surface area is 85.2 Å². The second kappa shape index (κ2) is 47.6. The molecule has 0 aromatic carbocycles. The summed E-state index contributed by atoms with van der Waals surface area (Å²) in [5.41, 5.74) is 0. The predicted molar refractivity (Wildman–Crippen MR) is 42.9 cm³/mol. The van der Waals surface area contributed by atoms with Crippen molar-refractivity contribution in [2.45, 2.75) is 0 Å². The van der Waals surface area contributed by atoms with Gasteiger partial charge in [0.1, 0.15) is 0 Å². The van der Waals surface area contributed by atoms with Crippen LogP contribution in [0, 0.1) is 0 Å². The fraction of sp³-hybridized carbons (Fsp3) is 0. The molecule has 0 bridgehead atoms. The summed E-state index contributed by atoms with van der Waals surface area (Å²) in [5, 5.41) is 0. The van der Waals surface area contributed by atoms with Crippen LogP contribution < -0.4 is 0 Å². The van der Waals surface area contributed by atoms with Gasteiger partial charge in [-0.25, -0.2) is 0 Å². The van der Waals surface area contributed by atoms with Gasteiger partial charge in [-0.2, -0.15) is 23.4 Å². The van der Waals surface area contributed by atoms with Gasteiger partial charge in [-0.05, 0) is 8.02 Å². The van der Waals surface area contributed by atoms with Gasteiger partial charge in [-0.3, -0.25) is 0 Å². The zero-order chi connectivity index (χ0) is 2.00. The van der Waals surface area contributed by atoms with Crippen LogP contribution in [0.3, 0.4) is 0 Å². The molecule has 0 N–H and O–H groups in total. The minimum atomic E-state index is 0. The van der Waals surface area contributed by atoms with Gasteiger partial charge in [0.05, 0.1) is 0 Å². The molecule has 4 radical (unpaired) electrons. The molecule has 6 heteroatoms. The maximum absolute atomic E-state index is 3.89. The molecule has 0 aromatic rings. The number of hydrogen-bond acceptors (Lipinski definition) is 1. The van der Waals surface area contributed by atoms with Crippen molar-refractivity contribution in [1.29, 1.82) is 0 Å². The Morgan fingerprint density at radius 3 is 1.17 bits per heavy atom. The van der Waals surface area contributed by atoms with Gasteiger partial charge in [0.2, 0.25) is 0 Å². The molecule has 0 aliphatic carbocycles. The Morgan fingerprint density at radius 1 is 1.17 bits per heavy atom. The van der Waals surface area contributed by atoms with E-state index in [9.17, 15) is 0 Å². The summed E-state index contributed by atoms with van der Waals surface area (Å²) < 4.78 is 0. The first kappa shape index (κ1) is 37.7. The third-order valence-corrected chi connectivity index (χ3v) is 0. The van der Waals surface area contributed by atoms with Crippen molar-refractivity contribution in [3.8, 4) is 0 Å². The molecular weight excluding hydrogens is 304 g/mol. The first-order valence-corrected chi connectivity index (χ1v) is 1.84. The Hall–Kier alpha value is 2.69. The van der Waals surface area contributed by atoms with Crippen LogP contribution in [0.2, 0.25) is 0 Å². The Kier molecular flexibility index (Phi) is 299. The van der Waals surface area contributed by atoms with Crippen molar-refractivity contribution in [2.24, 2.45) is 0 Å². The molecule has 0 aliphatic heterocycles. The fourth-order valence-corrected chi connectivity index (χ4v) is 0. The van der Waals surface area contributed by atoms with E-state index in [1.54, 1.807) is 0 Å². The van der Waals surface area contributed by atoms with Crippen LogP contribution in [0.1, 0.15) is 0 Å². The third-order valence-electron chi connectivity index (χ3n) is 0. The monoisotopic (exact) mass is 310 g/mol. The van der Waals surface area contributed by atoms with Crippen LogP contribution >= 0.6 is 31.4 Å². The quantitative estimate of drug-likeness (QED) is 0.460. The van der Waals surface area contributed by atoms with Crippen LogP contribution in [0.25, 0.3) is 0 Å². The molecule has 0 nitrogen and oxygen atoms in total. The predicted octanol–water partition coefficient (Wildman–Crippen LogP) is 0.379. The maximum atomic E-state index is 3.89. The Bertz CT molecular complexity index is 11.5. The summed E-state index contributed by atoms with van der Waals surface area (Å²) in [6.07, 6.45) is 0. The normalized spacial score (nSPS) is 0.667. The minimum Gasteiger partial charge on any atom is -0.197 e. The van der Waals surface area contributed by atoms with E-state index in [0.29, 0.717) is 0 Å². The molecule has 0 saturated carbocycles. The average Bonchev–Trinajstić information content (AvgIpc) is 1.00. The Balaban J connectivity index is -0.000000000833. The van der Waals surface area contributed by atoms with Crippen LogP contribution in [0.5, 0.6) is 0 Å². The van der Waals surface area contributed by atoms with Crippen molar-refractivity contribution in [1.82, 2.24) is 0 Å². The third kappa shape index (κ3) is 29.9. The molecule has 0 amide bonds. The van der Waals surface area contributed by atoms with E-state index < -0.39 is 0 Å². The minimum absolute atomic E-state index is 0. The van der Waals surface area contributed by atoms with E-state index in [-0.39, 0.29) is 66.3 Å². The largest absolute Gasteiger partial charge is 0.197 e. The van der Waals surface area contributed by atoms with E-state index in [1.165, 1.54) is 0 Å². The molecule has 1 atom stereocenters. The fourth-order valence-electron chi connectivity index (χ4n) is 0. The standard InChI is InChI=1S/Cu.In.HPS.H3P.H2S/c;;1-2;;/h;;1H;1H3;1H2. The van der Waals surface area contributed by atoms with E-state index >= 15 is 0 Å². The van der Waals surface area contributed by atoms with Crippen LogP contribution in [-0.4, -0.2) is 25.8 Å². The van der Waals surface area contributed by atoms with Crippen molar-refractivity contribution in [2.75, 3.05) is 0 Å². The number of hydrogen-bond donors (Lipinski definition) is 0. The van der Waals surface area contributed by atoms with Crippen molar-refractivity contribution >= 4 is 69.1 Å². The summed E-state index contributed by atoms with van der Waals surface area (Å²) in [4.78, 5) is 0. The smallest absolute Gasteiger partial charge is 0 e. The molecule has 6 heavy (non-hydrogen) atoms. The van der Waals surface area contributed by atoms with Gasteiger partial charge in [-0.15, -0.1) is 0 Å².